The molecule has 1 fully saturated rings. The van der Waals surface area contributed by atoms with Gasteiger partial charge in [-0.05, 0) is 57.8 Å². The molecule has 2 aromatic carbocycles. The number of nitrogens with one attached hydrogen (secondary N) is 1. The van der Waals surface area contributed by atoms with Crippen molar-refractivity contribution < 1.29 is 22.8 Å². The first kappa shape index (κ1) is 22.0. The van der Waals surface area contributed by atoms with Crippen LogP contribution in [0.2, 0.25) is 0 Å². The lowest BCUT2D eigenvalue weighted by atomic mass is 9.78. The van der Waals surface area contributed by atoms with Gasteiger partial charge in [0.05, 0.1) is 22.2 Å². The van der Waals surface area contributed by atoms with Gasteiger partial charge < -0.3 is 14.4 Å². The highest BCUT2D eigenvalue weighted by atomic mass is 32.2. The van der Waals surface area contributed by atoms with Crippen molar-refractivity contribution in [1.82, 2.24) is 4.72 Å². The van der Waals surface area contributed by atoms with Gasteiger partial charge in [0.25, 0.3) is 0 Å². The van der Waals surface area contributed by atoms with Crippen LogP contribution in [0.1, 0.15) is 44.9 Å². The molecule has 1 aliphatic rings. The van der Waals surface area contributed by atoms with Crippen LogP contribution in [0.5, 0.6) is 0 Å². The van der Waals surface area contributed by atoms with E-state index in [0.717, 1.165) is 11.0 Å². The minimum atomic E-state index is -3.70. The molecule has 1 heterocycles. The number of sulfonamides is 1. The molecular weight excluding hydrogens is 389 g/mol. The van der Waals surface area contributed by atoms with Gasteiger partial charge in [0.2, 0.25) is 10.0 Å². The predicted octanol–water partition coefficient (Wildman–Crippen LogP) is 2.31. The maximum Gasteiger partial charge on any atom is 0.494 e. The van der Waals surface area contributed by atoms with Crippen molar-refractivity contribution >= 4 is 22.6 Å². The van der Waals surface area contributed by atoms with Gasteiger partial charge in [-0.25, -0.2) is 13.1 Å². The Labute approximate surface area is 173 Å². The molecular formula is C21H28BNO5S. The third-order valence-corrected chi connectivity index (χ3v) is 7.06. The van der Waals surface area contributed by atoms with E-state index in [1.807, 2.05) is 40.7 Å². The maximum absolute atomic E-state index is 12.4. The van der Waals surface area contributed by atoms with Crippen LogP contribution in [0.4, 0.5) is 0 Å². The Morgan fingerprint density at radius 2 is 1.62 bits per heavy atom. The molecule has 1 aliphatic heterocycles. The molecule has 2 N–H and O–H groups in total. The predicted molar refractivity (Wildman–Crippen MR) is 113 cm³/mol. The Morgan fingerprint density at radius 1 is 1.03 bits per heavy atom. The zero-order chi connectivity index (χ0) is 21.4. The van der Waals surface area contributed by atoms with Crippen molar-refractivity contribution in [2.45, 2.75) is 56.8 Å². The number of aryl methyl sites for hydroxylation is 1. The summed E-state index contributed by atoms with van der Waals surface area (Å²) in [6, 6.07) is 13.8. The first-order valence-corrected chi connectivity index (χ1v) is 11.1. The van der Waals surface area contributed by atoms with E-state index >= 15 is 0 Å². The van der Waals surface area contributed by atoms with Crippen LogP contribution in [0.15, 0.2) is 53.4 Å². The fraction of sp³-hybridized carbons (Fsp3) is 0.429. The van der Waals surface area contributed by atoms with Crippen LogP contribution in [0.25, 0.3) is 0 Å². The number of rotatable bonds is 6. The van der Waals surface area contributed by atoms with E-state index in [9.17, 15) is 13.5 Å². The van der Waals surface area contributed by atoms with Gasteiger partial charge in [-0.1, -0.05) is 42.0 Å². The quantitative estimate of drug-likeness (QED) is 0.705. The van der Waals surface area contributed by atoms with Crippen LogP contribution < -0.4 is 10.2 Å². The summed E-state index contributed by atoms with van der Waals surface area (Å²) in [4.78, 5) is 0.168. The van der Waals surface area contributed by atoms with Crippen molar-refractivity contribution in [2.24, 2.45) is 0 Å². The lowest BCUT2D eigenvalue weighted by molar-refractivity contribution is 0.00578. The Kier molecular flexibility index (Phi) is 5.95. The summed E-state index contributed by atoms with van der Waals surface area (Å²) in [6.45, 7) is 9.66. The lowest BCUT2D eigenvalue weighted by Crippen LogP contribution is -2.41. The van der Waals surface area contributed by atoms with Crippen LogP contribution >= 0.6 is 0 Å². The monoisotopic (exact) mass is 417 g/mol. The Balaban J connectivity index is 1.70. The zero-order valence-electron chi connectivity index (χ0n) is 17.5. The lowest BCUT2D eigenvalue weighted by Gasteiger charge is -2.32. The zero-order valence-corrected chi connectivity index (χ0v) is 18.3. The average molecular weight is 417 g/mol. The van der Waals surface area contributed by atoms with Gasteiger partial charge in [-0.3, -0.25) is 0 Å². The molecule has 0 amide bonds. The van der Waals surface area contributed by atoms with Gasteiger partial charge in [-0.2, -0.15) is 0 Å². The second-order valence-corrected chi connectivity index (χ2v) is 10.2. The van der Waals surface area contributed by atoms with Crippen LogP contribution in [0.3, 0.4) is 0 Å². The molecule has 0 spiro atoms. The van der Waals surface area contributed by atoms with E-state index in [1.165, 1.54) is 0 Å². The van der Waals surface area contributed by atoms with Crippen LogP contribution in [0, 0.1) is 6.92 Å². The Morgan fingerprint density at radius 3 is 2.21 bits per heavy atom. The summed E-state index contributed by atoms with van der Waals surface area (Å²) in [6.07, 6.45) is -1.00. The number of aliphatic hydroxyl groups is 1. The van der Waals surface area contributed by atoms with Gasteiger partial charge in [0.15, 0.2) is 0 Å². The molecule has 0 saturated carbocycles. The van der Waals surface area contributed by atoms with Gasteiger partial charge in [0.1, 0.15) is 0 Å². The summed E-state index contributed by atoms with van der Waals surface area (Å²) >= 11 is 0. The highest BCUT2D eigenvalue weighted by molar-refractivity contribution is 7.89. The minimum absolute atomic E-state index is 0.136. The van der Waals surface area contributed by atoms with Crippen molar-refractivity contribution in [2.75, 3.05) is 6.54 Å². The first-order valence-electron chi connectivity index (χ1n) is 9.61. The normalized spacial score (nSPS) is 19.3. The van der Waals surface area contributed by atoms with Crippen molar-refractivity contribution in [3.8, 4) is 0 Å². The largest absolute Gasteiger partial charge is 0.494 e. The van der Waals surface area contributed by atoms with E-state index in [4.69, 9.17) is 9.31 Å². The third-order valence-electron chi connectivity index (χ3n) is 5.62. The molecule has 3 rings (SSSR count). The topological polar surface area (TPSA) is 84.9 Å². The summed E-state index contributed by atoms with van der Waals surface area (Å²) in [5.41, 5.74) is 1.42. The van der Waals surface area contributed by atoms with Crippen molar-refractivity contribution in [3.63, 3.8) is 0 Å². The van der Waals surface area contributed by atoms with Gasteiger partial charge in [-0.15, -0.1) is 0 Å². The molecule has 1 atom stereocenters. The molecule has 0 radical (unpaired) electrons. The molecule has 0 aliphatic carbocycles. The second kappa shape index (κ2) is 7.85. The Hall–Kier alpha value is -1.71. The van der Waals surface area contributed by atoms with E-state index in [-0.39, 0.29) is 11.4 Å². The van der Waals surface area contributed by atoms with Crippen LogP contribution in [-0.4, -0.2) is 38.4 Å². The van der Waals surface area contributed by atoms with E-state index in [2.05, 4.69) is 4.72 Å². The molecule has 6 nitrogen and oxygen atoms in total. The first-order chi connectivity index (χ1) is 13.4. The van der Waals surface area contributed by atoms with Crippen LogP contribution in [-0.2, 0) is 19.3 Å². The smallest absolute Gasteiger partial charge is 0.399 e. The highest BCUT2D eigenvalue weighted by Gasteiger charge is 2.51. The number of aliphatic hydroxyl groups excluding tert-OH is 1. The molecule has 0 bridgehead atoms. The molecule has 29 heavy (non-hydrogen) atoms. The molecule has 8 heteroatoms. The SMILES string of the molecule is Cc1ccc(S(=O)(=O)NCC(O)c2cccc(B3OC(C)(C)C(C)(C)O3)c2)cc1. The Bertz CT molecular complexity index is 957. The molecule has 1 unspecified atom stereocenters. The summed E-state index contributed by atoms with van der Waals surface area (Å²) in [7, 11) is -4.24. The van der Waals surface area contributed by atoms with Crippen molar-refractivity contribution in [3.05, 3.63) is 59.7 Å². The molecule has 1 saturated heterocycles. The number of hydrogen-bond acceptors (Lipinski definition) is 5. The highest BCUT2D eigenvalue weighted by Crippen LogP contribution is 2.36. The van der Waals surface area contributed by atoms with Gasteiger partial charge in [0, 0.05) is 6.54 Å². The maximum atomic E-state index is 12.4. The summed E-state index contributed by atoms with van der Waals surface area (Å²) < 4.78 is 39.4. The average Bonchev–Trinajstić information content (AvgIpc) is 2.88. The molecule has 2 aromatic rings. The fourth-order valence-electron chi connectivity index (χ4n) is 3.00. The van der Waals surface area contributed by atoms with E-state index < -0.39 is 34.4 Å². The molecule has 156 valence electrons. The minimum Gasteiger partial charge on any atom is -0.399 e. The van der Waals surface area contributed by atoms with Gasteiger partial charge >= 0.3 is 7.12 Å². The molecule has 0 aromatic heterocycles. The summed E-state index contributed by atoms with van der Waals surface area (Å²) in [5, 5.41) is 10.5. The van der Waals surface area contributed by atoms with Crippen molar-refractivity contribution in [1.29, 1.82) is 0 Å². The third kappa shape index (κ3) is 4.73. The number of hydrogen-bond donors (Lipinski definition) is 2. The summed E-state index contributed by atoms with van der Waals surface area (Å²) in [5.74, 6) is 0. The fourth-order valence-corrected chi connectivity index (χ4v) is 4.04. The number of benzene rings is 2. The standard InChI is InChI=1S/C21H28BNO5S/c1-15-9-11-18(12-10-15)29(25,26)23-14-19(24)16-7-6-8-17(13-16)22-27-20(2,3)21(4,5)28-22/h6-13,19,23-24H,14H2,1-5H3. The second-order valence-electron chi connectivity index (χ2n) is 8.44. The van der Waals surface area contributed by atoms with E-state index in [1.54, 1.807) is 42.5 Å². The van der Waals surface area contributed by atoms with E-state index in [0.29, 0.717) is 5.56 Å².